The third kappa shape index (κ3) is 3.56. The van der Waals surface area contributed by atoms with E-state index in [0.717, 1.165) is 21.5 Å². The number of rotatable bonds is 2. The van der Waals surface area contributed by atoms with Crippen molar-refractivity contribution in [1.29, 1.82) is 0 Å². The van der Waals surface area contributed by atoms with Gasteiger partial charge in [0, 0.05) is 10.8 Å². The Morgan fingerprint density at radius 3 is 1.80 bits per heavy atom. The molecule has 0 aliphatic carbocycles. The van der Waals surface area contributed by atoms with E-state index < -0.39 is 90.2 Å². The van der Waals surface area contributed by atoms with Gasteiger partial charge in [0.15, 0.2) is 0 Å². The van der Waals surface area contributed by atoms with Crippen LogP contribution < -0.4 is 0 Å². The van der Waals surface area contributed by atoms with Crippen LogP contribution in [0.25, 0.3) is 98.1 Å². The Morgan fingerprint density at radius 1 is 0.400 bits per heavy atom. The molecular weight excluding hydrogens is 544 g/mol. The molecule has 45 heavy (non-hydrogen) atoms. The maximum atomic E-state index is 9.83. The van der Waals surface area contributed by atoms with Gasteiger partial charge >= 0.3 is 0 Å². The zero-order valence-electron chi connectivity index (χ0n) is 38.3. The molecule has 0 radical (unpaired) electrons. The van der Waals surface area contributed by atoms with Crippen molar-refractivity contribution in [2.75, 3.05) is 0 Å². The lowest BCUT2D eigenvalue weighted by atomic mass is 9.85. The lowest BCUT2D eigenvalue weighted by Gasteiger charge is -2.18. The van der Waals surface area contributed by atoms with Crippen LogP contribution in [0.15, 0.2) is 162 Å². The molecule has 0 spiro atoms. The van der Waals surface area contributed by atoms with Crippen molar-refractivity contribution in [3.63, 3.8) is 0 Å². The highest BCUT2D eigenvalue weighted by molar-refractivity contribution is 6.24. The second-order valence-electron chi connectivity index (χ2n) is 10.9. The average Bonchev–Trinajstić information content (AvgIpc) is 3.65. The van der Waals surface area contributed by atoms with Crippen LogP contribution in [0.5, 0.6) is 0 Å². The van der Waals surface area contributed by atoms with Gasteiger partial charge in [-0.2, -0.15) is 0 Å². The molecule has 9 aromatic carbocycles. The van der Waals surface area contributed by atoms with Gasteiger partial charge in [-0.1, -0.05) is 133 Å². The Labute approximate surface area is 280 Å². The summed E-state index contributed by atoms with van der Waals surface area (Å²) < 4.78 is 142. The predicted molar refractivity (Wildman–Crippen MR) is 192 cm³/mol. The highest BCUT2D eigenvalue weighted by Crippen LogP contribution is 2.46. The first kappa shape index (κ1) is 14.2. The monoisotopic (exact) mass is 585 g/mol. The molecule has 1 nitrogen and oxygen atoms in total. The molecule has 0 aliphatic rings. The van der Waals surface area contributed by atoms with E-state index in [1.807, 2.05) is 42.5 Å². The van der Waals surface area contributed by atoms with E-state index >= 15 is 0 Å². The molecule has 0 N–H and O–H groups in total. The maximum Gasteiger partial charge on any atom is 0.136 e. The van der Waals surface area contributed by atoms with Crippen LogP contribution in [0.2, 0.25) is 0 Å². The molecule has 0 aliphatic heterocycles. The highest BCUT2D eigenvalue weighted by Gasteiger charge is 2.18. The third-order valence-corrected chi connectivity index (χ3v) is 8.51. The molecule has 0 saturated carbocycles. The quantitative estimate of drug-likeness (QED) is 0.145. The fraction of sp³-hybridized carbons (Fsp3) is 0. The molecule has 208 valence electrons. The van der Waals surface area contributed by atoms with E-state index in [2.05, 4.69) is 0 Å². The average molecular weight is 586 g/mol. The lowest BCUT2D eigenvalue weighted by molar-refractivity contribution is 0.669. The molecular formula is C44H26O. The number of fused-ring (bicyclic) bond motifs is 10. The first-order valence-electron chi connectivity index (χ1n) is 21.8. The second kappa shape index (κ2) is 9.29. The first-order valence-corrected chi connectivity index (χ1v) is 14.3. The Bertz CT molecular complexity index is 3590. The molecule has 0 bridgehead atoms. The van der Waals surface area contributed by atoms with Gasteiger partial charge in [0.25, 0.3) is 0 Å². The Kier molecular flexibility index (Phi) is 2.94. The smallest absolute Gasteiger partial charge is 0.136 e. The number of furan rings is 1. The van der Waals surface area contributed by atoms with E-state index in [9.17, 15) is 9.60 Å². The minimum atomic E-state index is -0.675. The van der Waals surface area contributed by atoms with Crippen molar-refractivity contribution in [2.24, 2.45) is 0 Å². The van der Waals surface area contributed by atoms with Gasteiger partial charge in [-0.25, -0.2) is 0 Å². The Morgan fingerprint density at radius 2 is 1.02 bits per heavy atom. The summed E-state index contributed by atoms with van der Waals surface area (Å²) in [6, 6.07) is 11.5. The van der Waals surface area contributed by atoms with Gasteiger partial charge in [-0.15, -0.1) is 0 Å². The summed E-state index contributed by atoms with van der Waals surface area (Å²) in [6.07, 6.45) is 0. The molecule has 0 amide bonds. The van der Waals surface area contributed by atoms with Crippen LogP contribution in [-0.4, -0.2) is 0 Å². The molecule has 1 heteroatoms. The van der Waals surface area contributed by atoms with E-state index in [1.54, 1.807) is 12.1 Å². The van der Waals surface area contributed by atoms with Gasteiger partial charge < -0.3 is 4.42 Å². The summed E-state index contributed by atoms with van der Waals surface area (Å²) in [4.78, 5) is 0. The van der Waals surface area contributed by atoms with Crippen molar-refractivity contribution in [3.8, 4) is 22.3 Å². The summed E-state index contributed by atoms with van der Waals surface area (Å²) in [5, 5.41) is 2.85. The van der Waals surface area contributed by atoms with Crippen molar-refractivity contribution in [2.45, 2.75) is 0 Å². The van der Waals surface area contributed by atoms with E-state index in [1.165, 1.54) is 12.1 Å². The van der Waals surface area contributed by atoms with E-state index in [4.69, 9.17) is 15.4 Å². The molecule has 0 unspecified atom stereocenters. The third-order valence-electron chi connectivity index (χ3n) is 8.51. The van der Waals surface area contributed by atoms with Gasteiger partial charge in [-0.05, 0) is 100 Å². The summed E-state index contributed by atoms with van der Waals surface area (Å²) in [5.41, 5.74) is -0.421. The van der Waals surface area contributed by atoms with Gasteiger partial charge in [-0.3, -0.25) is 0 Å². The molecule has 10 rings (SSSR count). The van der Waals surface area contributed by atoms with Crippen LogP contribution in [0.3, 0.4) is 0 Å². The van der Waals surface area contributed by atoms with Crippen LogP contribution in [-0.2, 0) is 0 Å². The second-order valence-corrected chi connectivity index (χ2v) is 10.9. The molecule has 0 saturated heterocycles. The Hall–Kier alpha value is -5.92. The van der Waals surface area contributed by atoms with Crippen LogP contribution in [0.1, 0.15) is 20.6 Å². The molecule has 0 fully saturated rings. The predicted octanol–water partition coefficient (Wildman–Crippen LogP) is 12.7. The van der Waals surface area contributed by atoms with Gasteiger partial charge in [0.1, 0.15) is 11.2 Å². The molecule has 10 aromatic rings. The summed E-state index contributed by atoms with van der Waals surface area (Å²) in [5.74, 6) is 0. The van der Waals surface area contributed by atoms with Crippen LogP contribution in [0.4, 0.5) is 0 Å². The van der Waals surface area contributed by atoms with Crippen molar-refractivity contribution < 1.29 is 25.0 Å². The highest BCUT2D eigenvalue weighted by atomic mass is 16.3. The van der Waals surface area contributed by atoms with Gasteiger partial charge in [0.2, 0.25) is 0 Å². The zero-order valence-corrected chi connectivity index (χ0v) is 23.3. The van der Waals surface area contributed by atoms with Crippen LogP contribution >= 0.6 is 0 Å². The minimum absolute atomic E-state index is 0.00758. The molecule has 0 atom stereocenters. The lowest BCUT2D eigenvalue weighted by Crippen LogP contribution is -1.91. The van der Waals surface area contributed by atoms with Crippen LogP contribution in [0, 0.1) is 0 Å². The summed E-state index contributed by atoms with van der Waals surface area (Å²) >= 11 is 0. The summed E-state index contributed by atoms with van der Waals surface area (Å²) in [7, 11) is 0. The van der Waals surface area contributed by atoms with Crippen molar-refractivity contribution in [3.05, 3.63) is 157 Å². The number of hydrogen-bond donors (Lipinski definition) is 0. The fourth-order valence-electron chi connectivity index (χ4n) is 6.56. The molecule has 1 heterocycles. The number of hydrogen-bond acceptors (Lipinski definition) is 1. The minimum Gasteiger partial charge on any atom is -0.456 e. The fourth-order valence-corrected chi connectivity index (χ4v) is 6.56. The maximum absolute atomic E-state index is 9.83. The zero-order chi connectivity index (χ0) is 42.5. The number of benzene rings is 9. The summed E-state index contributed by atoms with van der Waals surface area (Å²) in [6.45, 7) is 0. The van der Waals surface area contributed by atoms with E-state index in [-0.39, 0.29) is 71.4 Å². The first-order chi connectivity index (χ1) is 28.6. The topological polar surface area (TPSA) is 13.1 Å². The van der Waals surface area contributed by atoms with Crippen molar-refractivity contribution >= 4 is 75.8 Å². The largest absolute Gasteiger partial charge is 0.456 e. The normalized spacial score (nSPS) is 16.7. The standard InChI is InChI=1S/C44H26O/c1-3-11-32-27(9-1)17-18-29-25-30(19-22-33(29)32)42-35-13-5-7-15-37(35)43(38-16-8-6-14-36(38)42)31-21-23-40-39(26-31)44-34-12-4-2-10-28(34)20-24-41(44)45-40/h1-26H/i2D,4D,5D,6D,7D,8D,10D,12D,13D,14D,15D,16D,21D,23D,26D. The Balaban J connectivity index is 1.47. The van der Waals surface area contributed by atoms with Gasteiger partial charge in [0.05, 0.1) is 20.6 Å². The molecule has 1 aromatic heterocycles. The van der Waals surface area contributed by atoms with Crippen molar-refractivity contribution in [1.82, 2.24) is 0 Å². The van der Waals surface area contributed by atoms with E-state index in [0.29, 0.717) is 5.56 Å². The SMILES string of the molecule is [2H]c1c([2H])c([2H])c2c(ccc3oc4c([2H])c([2H])c(-c5c6c([2H])c([2H])c([2H])c([2H])c6c(-c6ccc7c(ccc8ccccc87)c6)c6c([2H])c([2H])c([2H])c([2H])c56)c([2H])c4c32)c1[2H].